The van der Waals surface area contributed by atoms with Crippen molar-refractivity contribution in [3.05, 3.63) is 52.9 Å². The van der Waals surface area contributed by atoms with E-state index in [1.165, 1.54) is 11.2 Å². The van der Waals surface area contributed by atoms with Crippen molar-refractivity contribution in [3.8, 4) is 0 Å². The number of piperazine rings is 1. The summed E-state index contributed by atoms with van der Waals surface area (Å²) in [5.41, 5.74) is 1.27. The first-order chi connectivity index (χ1) is 13.5. The van der Waals surface area contributed by atoms with Crippen molar-refractivity contribution in [2.24, 2.45) is 0 Å². The number of hydrogen-bond acceptors (Lipinski definition) is 4. The number of amides is 3. The maximum Gasteiger partial charge on any atom is 0.292 e. The Morgan fingerprint density at radius 1 is 1.18 bits per heavy atom. The fourth-order valence-corrected chi connectivity index (χ4v) is 4.11. The highest BCUT2D eigenvalue weighted by Crippen LogP contribution is 2.30. The number of anilines is 1. The summed E-state index contributed by atoms with van der Waals surface area (Å²) in [4.78, 5) is 42.0. The molecule has 146 valence electrons. The van der Waals surface area contributed by atoms with Crippen LogP contribution >= 0.6 is 11.6 Å². The van der Waals surface area contributed by atoms with Gasteiger partial charge in [-0.25, -0.2) is 4.90 Å². The maximum atomic E-state index is 13.0. The summed E-state index contributed by atoms with van der Waals surface area (Å²) in [6, 6.07) is 8.13. The van der Waals surface area contributed by atoms with Gasteiger partial charge in [0.1, 0.15) is 0 Å². The molecule has 2 fully saturated rings. The molecule has 0 saturated carbocycles. The van der Waals surface area contributed by atoms with Gasteiger partial charge in [-0.2, -0.15) is 0 Å². The Bertz CT molecular complexity index is 920. The highest BCUT2D eigenvalue weighted by Gasteiger charge is 2.47. The van der Waals surface area contributed by atoms with Crippen LogP contribution in [0.25, 0.3) is 0 Å². The van der Waals surface area contributed by atoms with E-state index in [-0.39, 0.29) is 24.1 Å². The molecule has 1 N–H and O–H groups in total. The van der Waals surface area contributed by atoms with Crippen LogP contribution in [0, 0.1) is 6.92 Å². The van der Waals surface area contributed by atoms with Crippen molar-refractivity contribution >= 4 is 35.0 Å². The SMILES string of the molecule is Cc1c(Cl)cccc1N1C(=O)C[C@@H]([NH+]2CCN(C(=O)c3ccco3)CC2)C1=O. The van der Waals surface area contributed by atoms with Gasteiger partial charge in [0.15, 0.2) is 11.8 Å². The molecular weight excluding hydrogens is 382 g/mol. The molecule has 2 saturated heterocycles. The molecule has 2 aliphatic heterocycles. The first kappa shape index (κ1) is 18.7. The molecule has 3 amide bonds. The zero-order valence-electron chi connectivity index (χ0n) is 15.5. The Hall–Kier alpha value is -2.64. The van der Waals surface area contributed by atoms with Gasteiger partial charge in [0.25, 0.3) is 11.8 Å². The van der Waals surface area contributed by atoms with Gasteiger partial charge in [0.05, 0.1) is 44.6 Å². The van der Waals surface area contributed by atoms with Gasteiger partial charge in [-0.15, -0.1) is 0 Å². The second kappa shape index (κ2) is 7.41. The number of furan rings is 1. The van der Waals surface area contributed by atoms with Crippen molar-refractivity contribution in [1.29, 1.82) is 0 Å². The first-order valence-electron chi connectivity index (χ1n) is 9.26. The van der Waals surface area contributed by atoms with E-state index in [1.54, 1.807) is 42.2 Å². The van der Waals surface area contributed by atoms with E-state index in [4.69, 9.17) is 16.0 Å². The molecule has 7 nitrogen and oxygen atoms in total. The van der Waals surface area contributed by atoms with Crippen LogP contribution in [0.2, 0.25) is 5.02 Å². The van der Waals surface area contributed by atoms with Crippen LogP contribution in [0.5, 0.6) is 0 Å². The van der Waals surface area contributed by atoms with Gasteiger partial charge in [0.2, 0.25) is 5.91 Å². The fourth-order valence-electron chi connectivity index (χ4n) is 3.94. The quantitative estimate of drug-likeness (QED) is 0.774. The summed E-state index contributed by atoms with van der Waals surface area (Å²) in [6.45, 7) is 4.06. The number of rotatable bonds is 3. The lowest BCUT2D eigenvalue weighted by molar-refractivity contribution is -0.918. The third kappa shape index (κ3) is 3.21. The Labute approximate surface area is 167 Å². The largest absolute Gasteiger partial charge is 0.459 e. The number of nitrogens with zero attached hydrogens (tertiary/aromatic N) is 2. The predicted octanol–water partition coefficient (Wildman–Crippen LogP) is 0.914. The number of quaternary nitrogens is 1. The van der Waals surface area contributed by atoms with Crippen molar-refractivity contribution in [3.63, 3.8) is 0 Å². The van der Waals surface area contributed by atoms with E-state index in [1.807, 2.05) is 0 Å². The Morgan fingerprint density at radius 2 is 1.93 bits per heavy atom. The average Bonchev–Trinajstić information content (AvgIpc) is 3.33. The van der Waals surface area contributed by atoms with Crippen LogP contribution in [0.1, 0.15) is 22.5 Å². The number of carbonyl (C=O) groups excluding carboxylic acids is 3. The summed E-state index contributed by atoms with van der Waals surface area (Å²) in [5, 5.41) is 0.527. The minimum atomic E-state index is -0.424. The van der Waals surface area contributed by atoms with Gasteiger partial charge in [-0.3, -0.25) is 14.4 Å². The normalized spacial score (nSPS) is 20.9. The molecule has 0 bridgehead atoms. The van der Waals surface area contributed by atoms with E-state index < -0.39 is 6.04 Å². The van der Waals surface area contributed by atoms with E-state index in [0.717, 1.165) is 10.5 Å². The topological polar surface area (TPSA) is 75.3 Å². The Kier molecular flexibility index (Phi) is 4.95. The number of hydrogen-bond donors (Lipinski definition) is 1. The third-order valence-electron chi connectivity index (χ3n) is 5.54. The van der Waals surface area contributed by atoms with E-state index >= 15 is 0 Å². The van der Waals surface area contributed by atoms with Crippen LogP contribution < -0.4 is 9.80 Å². The predicted molar refractivity (Wildman–Crippen MR) is 102 cm³/mol. The van der Waals surface area contributed by atoms with Gasteiger partial charge >= 0.3 is 0 Å². The molecule has 0 aliphatic carbocycles. The molecule has 2 aromatic rings. The zero-order chi connectivity index (χ0) is 19.8. The summed E-state index contributed by atoms with van der Waals surface area (Å²) in [5.74, 6) is -0.231. The number of nitrogens with one attached hydrogen (secondary N) is 1. The van der Waals surface area contributed by atoms with Crippen molar-refractivity contribution in [2.75, 3.05) is 31.1 Å². The van der Waals surface area contributed by atoms with Gasteiger partial charge in [0, 0.05) is 5.02 Å². The fraction of sp³-hybridized carbons (Fsp3) is 0.350. The van der Waals surface area contributed by atoms with E-state index in [2.05, 4.69) is 0 Å². The monoisotopic (exact) mass is 402 g/mol. The molecule has 0 spiro atoms. The standard InChI is InChI=1S/C20H20ClN3O4/c1-13-14(21)4-2-5-15(13)24-18(25)12-16(19(24)26)22-7-9-23(10-8-22)20(27)17-6-3-11-28-17/h2-6,11,16H,7-10,12H2,1H3/p+1/t16-/m1/s1. The molecule has 1 aromatic carbocycles. The van der Waals surface area contributed by atoms with Crippen LogP contribution in [0.4, 0.5) is 5.69 Å². The second-order valence-electron chi connectivity index (χ2n) is 7.14. The minimum Gasteiger partial charge on any atom is -0.459 e. The maximum absolute atomic E-state index is 13.0. The van der Waals surface area contributed by atoms with Crippen LogP contribution in [0.3, 0.4) is 0 Å². The lowest BCUT2D eigenvalue weighted by Gasteiger charge is -2.34. The summed E-state index contributed by atoms with van der Waals surface area (Å²) < 4.78 is 5.18. The molecule has 0 unspecified atom stereocenters. The Balaban J connectivity index is 1.45. The van der Waals surface area contributed by atoms with Crippen molar-refractivity contribution in [2.45, 2.75) is 19.4 Å². The molecule has 1 aromatic heterocycles. The van der Waals surface area contributed by atoms with Crippen molar-refractivity contribution < 1.29 is 23.7 Å². The van der Waals surface area contributed by atoms with Gasteiger partial charge in [-0.1, -0.05) is 17.7 Å². The van der Waals surface area contributed by atoms with Crippen molar-refractivity contribution in [1.82, 2.24) is 4.90 Å². The molecule has 4 rings (SSSR count). The minimum absolute atomic E-state index is 0.144. The molecule has 1 atom stereocenters. The Morgan fingerprint density at radius 3 is 2.61 bits per heavy atom. The number of imide groups is 1. The smallest absolute Gasteiger partial charge is 0.292 e. The molecule has 2 aliphatic rings. The van der Waals surface area contributed by atoms with Gasteiger partial charge < -0.3 is 14.2 Å². The molecule has 28 heavy (non-hydrogen) atoms. The summed E-state index contributed by atoms with van der Waals surface area (Å²) in [6.07, 6.45) is 1.65. The first-order valence-corrected chi connectivity index (χ1v) is 9.64. The van der Waals surface area contributed by atoms with Crippen LogP contribution in [0.15, 0.2) is 41.0 Å². The molecular formula is C20H21ClN3O4+. The summed E-state index contributed by atoms with van der Waals surface area (Å²) >= 11 is 6.16. The molecule has 0 radical (unpaired) electrons. The number of halogens is 1. The molecule has 8 heteroatoms. The van der Waals surface area contributed by atoms with Gasteiger partial charge in [-0.05, 0) is 36.8 Å². The lowest BCUT2D eigenvalue weighted by atomic mass is 10.1. The highest BCUT2D eigenvalue weighted by atomic mass is 35.5. The van der Waals surface area contributed by atoms with E-state index in [0.29, 0.717) is 42.6 Å². The van der Waals surface area contributed by atoms with Crippen LogP contribution in [-0.2, 0) is 9.59 Å². The van der Waals surface area contributed by atoms with E-state index in [9.17, 15) is 14.4 Å². The number of benzene rings is 1. The lowest BCUT2D eigenvalue weighted by Crippen LogP contribution is -3.19. The highest BCUT2D eigenvalue weighted by molar-refractivity contribution is 6.32. The molecule has 3 heterocycles. The second-order valence-corrected chi connectivity index (χ2v) is 7.54. The average molecular weight is 403 g/mol. The van der Waals surface area contributed by atoms with Crippen LogP contribution in [-0.4, -0.2) is 54.8 Å². The number of carbonyl (C=O) groups is 3. The zero-order valence-corrected chi connectivity index (χ0v) is 16.2. The summed E-state index contributed by atoms with van der Waals surface area (Å²) in [7, 11) is 0. The third-order valence-corrected chi connectivity index (χ3v) is 5.95.